The predicted octanol–water partition coefficient (Wildman–Crippen LogP) is 2.55. The third-order valence-electron chi connectivity index (χ3n) is 3.30. The van der Waals surface area contributed by atoms with Crippen LogP contribution in [0.2, 0.25) is 0 Å². The van der Waals surface area contributed by atoms with Gasteiger partial charge in [-0.1, -0.05) is 12.1 Å². The maximum Gasteiger partial charge on any atom is 0.118 e. The molecule has 20 heavy (non-hydrogen) atoms. The van der Waals surface area contributed by atoms with Gasteiger partial charge in [0.25, 0.3) is 0 Å². The fourth-order valence-electron chi connectivity index (χ4n) is 2.31. The normalized spacial score (nSPS) is 13.7. The summed E-state index contributed by atoms with van der Waals surface area (Å²) in [5.41, 5.74) is 5.92. The summed E-state index contributed by atoms with van der Waals surface area (Å²) in [6.07, 6.45) is 13.2. The summed E-state index contributed by atoms with van der Waals surface area (Å²) in [6, 6.07) is 8.43. The molecule has 1 aromatic carbocycles. The molecule has 2 rings (SSSR count). The SMILES string of the molecule is C#C.CN.COc1ccc(CCCN2CCCC2)cc1. The van der Waals surface area contributed by atoms with Gasteiger partial charge >= 0.3 is 0 Å². The van der Waals surface area contributed by atoms with Crippen LogP contribution in [0.1, 0.15) is 24.8 Å². The van der Waals surface area contributed by atoms with E-state index in [-0.39, 0.29) is 0 Å². The van der Waals surface area contributed by atoms with Crippen LogP contribution in [0, 0.1) is 12.8 Å². The first kappa shape index (κ1) is 18.5. The third-order valence-corrected chi connectivity index (χ3v) is 3.30. The molecule has 1 aromatic rings. The van der Waals surface area contributed by atoms with Crippen molar-refractivity contribution in [3.63, 3.8) is 0 Å². The van der Waals surface area contributed by atoms with Gasteiger partial charge in [-0.15, -0.1) is 12.8 Å². The Balaban J connectivity index is 0.000000829. The third kappa shape index (κ3) is 7.18. The summed E-state index contributed by atoms with van der Waals surface area (Å²) in [4.78, 5) is 2.57. The van der Waals surface area contributed by atoms with Gasteiger partial charge in [0, 0.05) is 0 Å². The maximum atomic E-state index is 5.15. The predicted molar refractivity (Wildman–Crippen MR) is 87.0 cm³/mol. The maximum absolute atomic E-state index is 5.15. The summed E-state index contributed by atoms with van der Waals surface area (Å²) in [5, 5.41) is 0. The molecule has 2 N–H and O–H groups in total. The monoisotopic (exact) mass is 276 g/mol. The number of ether oxygens (including phenoxy) is 1. The smallest absolute Gasteiger partial charge is 0.118 e. The number of likely N-dealkylation sites (tertiary alicyclic amines) is 1. The van der Waals surface area contributed by atoms with Gasteiger partial charge in [-0.2, -0.15) is 0 Å². The van der Waals surface area contributed by atoms with Crippen molar-refractivity contribution in [2.75, 3.05) is 33.8 Å². The molecule has 1 aliphatic rings. The fraction of sp³-hybridized carbons (Fsp3) is 0.529. The van der Waals surface area contributed by atoms with Crippen molar-refractivity contribution in [2.24, 2.45) is 5.73 Å². The van der Waals surface area contributed by atoms with E-state index in [9.17, 15) is 0 Å². The summed E-state index contributed by atoms with van der Waals surface area (Å²) in [7, 11) is 3.21. The molecule has 1 heterocycles. The molecule has 0 unspecified atom stereocenters. The van der Waals surface area contributed by atoms with Gasteiger partial charge in [0.1, 0.15) is 5.75 Å². The zero-order chi connectivity index (χ0) is 15.2. The van der Waals surface area contributed by atoms with E-state index >= 15 is 0 Å². The quantitative estimate of drug-likeness (QED) is 0.840. The Bertz CT molecular complexity index is 340. The highest BCUT2D eigenvalue weighted by molar-refractivity contribution is 5.27. The second kappa shape index (κ2) is 12.5. The lowest BCUT2D eigenvalue weighted by Gasteiger charge is -2.13. The average molecular weight is 276 g/mol. The number of hydrogen-bond acceptors (Lipinski definition) is 3. The van der Waals surface area contributed by atoms with Gasteiger partial charge in [0.15, 0.2) is 0 Å². The van der Waals surface area contributed by atoms with Gasteiger partial charge in [0.2, 0.25) is 0 Å². The molecule has 3 heteroatoms. The van der Waals surface area contributed by atoms with Crippen LogP contribution in [0.25, 0.3) is 0 Å². The first-order valence-corrected chi connectivity index (χ1v) is 7.15. The van der Waals surface area contributed by atoms with E-state index in [2.05, 4.69) is 35.6 Å². The van der Waals surface area contributed by atoms with Crippen LogP contribution in [0.15, 0.2) is 24.3 Å². The molecule has 1 fully saturated rings. The van der Waals surface area contributed by atoms with Crippen LogP contribution in [-0.4, -0.2) is 38.7 Å². The molecular weight excluding hydrogens is 248 g/mol. The number of aryl methyl sites for hydroxylation is 1. The van der Waals surface area contributed by atoms with E-state index in [1.54, 1.807) is 7.11 Å². The van der Waals surface area contributed by atoms with Crippen molar-refractivity contribution in [1.29, 1.82) is 0 Å². The topological polar surface area (TPSA) is 38.5 Å². The van der Waals surface area contributed by atoms with Crippen molar-refractivity contribution < 1.29 is 4.74 Å². The molecule has 1 aliphatic heterocycles. The Labute approximate surface area is 124 Å². The Morgan fingerprint density at radius 2 is 1.65 bits per heavy atom. The number of terminal acetylenes is 1. The van der Waals surface area contributed by atoms with Crippen LogP contribution in [0.4, 0.5) is 0 Å². The van der Waals surface area contributed by atoms with E-state index in [0.717, 1.165) is 5.75 Å². The van der Waals surface area contributed by atoms with E-state index < -0.39 is 0 Å². The van der Waals surface area contributed by atoms with Crippen LogP contribution in [0.5, 0.6) is 5.75 Å². The number of methoxy groups -OCH3 is 1. The van der Waals surface area contributed by atoms with E-state index in [1.807, 2.05) is 12.1 Å². The van der Waals surface area contributed by atoms with Crippen LogP contribution < -0.4 is 10.5 Å². The van der Waals surface area contributed by atoms with Crippen molar-refractivity contribution in [3.8, 4) is 18.6 Å². The molecule has 0 aliphatic carbocycles. The molecule has 0 bridgehead atoms. The summed E-state index contributed by atoms with van der Waals surface area (Å²) >= 11 is 0. The van der Waals surface area contributed by atoms with Gasteiger partial charge in [0.05, 0.1) is 7.11 Å². The largest absolute Gasteiger partial charge is 0.497 e. The fourth-order valence-corrected chi connectivity index (χ4v) is 2.31. The number of nitrogens with zero attached hydrogens (tertiary/aromatic N) is 1. The molecule has 0 aromatic heterocycles. The molecule has 1 saturated heterocycles. The highest BCUT2D eigenvalue weighted by atomic mass is 16.5. The lowest BCUT2D eigenvalue weighted by Crippen LogP contribution is -2.20. The van der Waals surface area contributed by atoms with Crippen LogP contribution >= 0.6 is 0 Å². The minimum Gasteiger partial charge on any atom is -0.497 e. The Morgan fingerprint density at radius 3 is 2.15 bits per heavy atom. The van der Waals surface area contributed by atoms with Crippen molar-refractivity contribution >= 4 is 0 Å². The first-order valence-electron chi connectivity index (χ1n) is 7.15. The molecule has 112 valence electrons. The summed E-state index contributed by atoms with van der Waals surface area (Å²) < 4.78 is 5.15. The molecule has 0 radical (unpaired) electrons. The highest BCUT2D eigenvalue weighted by Crippen LogP contribution is 2.13. The molecule has 0 saturated carbocycles. The van der Waals surface area contributed by atoms with E-state index in [0.29, 0.717) is 0 Å². The van der Waals surface area contributed by atoms with Crippen molar-refractivity contribution in [2.45, 2.75) is 25.7 Å². The molecule has 0 atom stereocenters. The summed E-state index contributed by atoms with van der Waals surface area (Å²) in [6.45, 7) is 3.87. The van der Waals surface area contributed by atoms with E-state index in [1.165, 1.54) is 57.9 Å². The second-order valence-electron chi connectivity index (χ2n) is 4.50. The van der Waals surface area contributed by atoms with Crippen molar-refractivity contribution in [3.05, 3.63) is 29.8 Å². The minimum absolute atomic E-state index is 0.947. The van der Waals surface area contributed by atoms with Gasteiger partial charge in [-0.05, 0) is 70.1 Å². The van der Waals surface area contributed by atoms with E-state index in [4.69, 9.17) is 4.74 Å². The van der Waals surface area contributed by atoms with Gasteiger partial charge in [-0.3, -0.25) is 0 Å². The standard InChI is InChI=1S/C14H21NO.C2H2.CH5N/c1-16-14-8-6-13(7-9-14)5-4-12-15-10-2-3-11-15;2*1-2/h6-9H,2-5,10-12H2,1H3;1-2H;2H2,1H3. The number of hydrogen-bond donors (Lipinski definition) is 1. The zero-order valence-electron chi connectivity index (χ0n) is 12.8. The molecule has 0 spiro atoms. The minimum atomic E-state index is 0.947. The number of rotatable bonds is 5. The Morgan fingerprint density at radius 1 is 1.10 bits per heavy atom. The lowest BCUT2D eigenvalue weighted by molar-refractivity contribution is 0.334. The van der Waals surface area contributed by atoms with Gasteiger partial charge in [-0.25, -0.2) is 0 Å². The summed E-state index contributed by atoms with van der Waals surface area (Å²) in [5.74, 6) is 0.947. The zero-order valence-corrected chi connectivity index (χ0v) is 12.8. The van der Waals surface area contributed by atoms with Crippen LogP contribution in [-0.2, 0) is 6.42 Å². The van der Waals surface area contributed by atoms with Crippen LogP contribution in [0.3, 0.4) is 0 Å². The second-order valence-corrected chi connectivity index (χ2v) is 4.50. The number of nitrogens with two attached hydrogens (primary N) is 1. The first-order chi connectivity index (χ1) is 9.88. The van der Waals surface area contributed by atoms with Gasteiger partial charge < -0.3 is 15.4 Å². The highest BCUT2D eigenvalue weighted by Gasteiger charge is 2.10. The molecule has 3 nitrogen and oxygen atoms in total. The molecular formula is C17H28N2O. The van der Waals surface area contributed by atoms with Crippen molar-refractivity contribution in [1.82, 2.24) is 4.90 Å². The molecule has 0 amide bonds. The Hall–Kier alpha value is -1.50. The average Bonchev–Trinajstić information content (AvgIpc) is 3.05. The Kier molecular flexibility index (Phi) is 11.6. The lowest BCUT2D eigenvalue weighted by atomic mass is 10.1. The number of benzene rings is 1.